The Morgan fingerprint density at radius 3 is 1.96 bits per heavy atom. The molecule has 462 valence electrons. The molecule has 6 rings (SSSR count). The van der Waals surface area contributed by atoms with Crippen LogP contribution in [0.5, 0.6) is 11.5 Å². The number of unbranched alkanes of at least 4 members (excludes halogenated alkanes) is 1. The minimum atomic E-state index is -1.93. The SMILES string of the molecule is COc1ccc(C(OC[C@]2(COP(OCCC#N)N(C(C)C)C(C)C)CN(C(=O)CCCCO[C@@H]3O[C@H](COC(C)=O)[C@H](OC(C)=O)[C@H](OC(C)=O)[C@H]3NC(C)=O)C[C@H](n3cc(C)c(=O)[nH]c3=O)O2)(c2ccccc2)c2ccc(OC)cc2)cc1. The molecule has 0 radical (unpaired) electrons. The van der Waals surface area contributed by atoms with Crippen LogP contribution in [0.2, 0.25) is 0 Å². The van der Waals surface area contributed by atoms with Crippen LogP contribution in [0, 0.1) is 18.3 Å². The number of ether oxygens (including phenoxy) is 9. The highest BCUT2D eigenvalue weighted by molar-refractivity contribution is 7.44. The van der Waals surface area contributed by atoms with E-state index in [-0.39, 0.29) is 88.8 Å². The van der Waals surface area contributed by atoms with Gasteiger partial charge in [-0.1, -0.05) is 54.6 Å². The third-order valence-corrected chi connectivity index (χ3v) is 16.1. The van der Waals surface area contributed by atoms with Gasteiger partial charge >= 0.3 is 23.6 Å². The number of benzene rings is 3. The van der Waals surface area contributed by atoms with E-state index in [0.29, 0.717) is 22.6 Å². The molecule has 3 heterocycles. The Kier molecular flexibility index (Phi) is 24.7. The van der Waals surface area contributed by atoms with Crippen molar-refractivity contribution in [2.45, 2.75) is 148 Å². The maximum Gasteiger partial charge on any atom is 0.330 e. The van der Waals surface area contributed by atoms with Gasteiger partial charge in [0.2, 0.25) is 11.8 Å². The third kappa shape index (κ3) is 17.8. The first-order chi connectivity index (χ1) is 40.5. The van der Waals surface area contributed by atoms with Crippen LogP contribution in [0.4, 0.5) is 0 Å². The van der Waals surface area contributed by atoms with Gasteiger partial charge in [-0.2, -0.15) is 5.26 Å². The second-order valence-corrected chi connectivity index (χ2v) is 22.6. The van der Waals surface area contributed by atoms with Crippen LogP contribution in [-0.4, -0.2) is 158 Å². The van der Waals surface area contributed by atoms with Crippen molar-refractivity contribution in [3.8, 4) is 17.6 Å². The van der Waals surface area contributed by atoms with Crippen molar-refractivity contribution in [3.05, 3.63) is 128 Å². The highest BCUT2D eigenvalue weighted by Gasteiger charge is 2.52. The van der Waals surface area contributed by atoms with E-state index in [4.69, 9.17) is 51.7 Å². The summed E-state index contributed by atoms with van der Waals surface area (Å²) in [6.07, 6.45) is -4.58. The number of esters is 3. The Morgan fingerprint density at radius 2 is 1.41 bits per heavy atom. The molecule has 24 nitrogen and oxygen atoms in total. The summed E-state index contributed by atoms with van der Waals surface area (Å²) in [5.74, 6) is -1.91. The summed E-state index contributed by atoms with van der Waals surface area (Å²) in [5, 5.41) is 12.3. The van der Waals surface area contributed by atoms with Crippen LogP contribution in [-0.2, 0) is 71.8 Å². The van der Waals surface area contributed by atoms with Crippen molar-refractivity contribution < 1.29 is 75.7 Å². The zero-order valence-corrected chi connectivity index (χ0v) is 51.0. The monoisotopic (exact) mass is 1200 g/mol. The van der Waals surface area contributed by atoms with Gasteiger partial charge < -0.3 is 61.9 Å². The number of rotatable bonds is 29. The van der Waals surface area contributed by atoms with Crippen LogP contribution in [0.1, 0.15) is 110 Å². The fourth-order valence-electron chi connectivity index (χ4n) is 10.3. The molecule has 2 saturated heterocycles. The lowest BCUT2D eigenvalue weighted by Crippen LogP contribution is -2.66. The Hall–Kier alpha value is -7.07. The van der Waals surface area contributed by atoms with E-state index in [1.807, 2.05) is 107 Å². The fraction of sp³-hybridized carbons (Fsp3) is 0.533. The summed E-state index contributed by atoms with van der Waals surface area (Å²) in [7, 11) is 1.21. The number of methoxy groups -OCH3 is 2. The standard InChI is InChI=1S/C60H79N6O18P/c1-38(2)66(39(3)4)85(79-31-17-29-61)80-37-59(36-78-60(45-18-13-12-14-19-45,46-21-25-48(74-10)26-22-46)47-23-27-49(75-11)28-24-47)35-64(33-52(84-59)65-32-40(5)56(72)63-58(65)73)51(71)20-15-16-30-76-57-53(62-41(6)67)55(82-44(9)70)54(81-43(8)69)50(83-57)34-77-42(7)68/h12-14,18-19,21-28,32,38-39,50,52-55,57H,15-17,20,30-31,33-37H2,1-11H3,(H,62,67)(H,63,72,73)/t50-,52-,53-,54+,55-,57-,59+,85?/m1/s1. The van der Waals surface area contributed by atoms with Gasteiger partial charge in [-0.05, 0) is 88.4 Å². The van der Waals surface area contributed by atoms with Gasteiger partial charge in [-0.3, -0.25) is 38.3 Å². The fourth-order valence-corrected chi connectivity index (χ4v) is 12.0. The molecular weight excluding hydrogens is 1120 g/mol. The molecule has 1 aromatic heterocycles. The molecule has 4 aromatic rings. The number of hydrogen-bond donors (Lipinski definition) is 2. The first-order valence-electron chi connectivity index (χ1n) is 28.0. The molecular formula is C60H79N6O18P. The van der Waals surface area contributed by atoms with Gasteiger partial charge in [0.25, 0.3) is 14.1 Å². The molecule has 0 bridgehead atoms. The third-order valence-electron chi connectivity index (χ3n) is 14.0. The molecule has 0 spiro atoms. The van der Waals surface area contributed by atoms with Crippen LogP contribution in [0.15, 0.2) is 94.6 Å². The number of carbonyl (C=O) groups is 5. The molecule has 2 N–H and O–H groups in total. The number of amides is 2. The number of morpholine rings is 1. The normalized spacial score (nSPS) is 21.0. The molecule has 2 amide bonds. The average Bonchev–Trinajstić information content (AvgIpc) is 1.62. The topological polar surface area (TPSA) is 284 Å². The number of nitrogens with zero attached hydrogens (tertiary/aromatic N) is 4. The predicted octanol–water partition coefficient (Wildman–Crippen LogP) is 6.10. The first kappa shape index (κ1) is 67.1. The summed E-state index contributed by atoms with van der Waals surface area (Å²) in [5.41, 5.74) is -2.16. The largest absolute Gasteiger partial charge is 0.497 e. The van der Waals surface area contributed by atoms with Gasteiger partial charge in [-0.15, -0.1) is 0 Å². The second-order valence-electron chi connectivity index (χ2n) is 21.2. The quantitative estimate of drug-likeness (QED) is 0.0204. The summed E-state index contributed by atoms with van der Waals surface area (Å²) in [6.45, 7) is 12.9. The Bertz CT molecular complexity index is 2970. The van der Waals surface area contributed by atoms with E-state index in [1.165, 1.54) is 24.6 Å². The van der Waals surface area contributed by atoms with E-state index in [0.717, 1.165) is 19.4 Å². The number of nitriles is 1. The Morgan fingerprint density at radius 1 is 0.812 bits per heavy atom. The summed E-state index contributed by atoms with van der Waals surface area (Å²) in [4.78, 5) is 95.2. The van der Waals surface area contributed by atoms with Gasteiger partial charge in [0, 0.05) is 64.6 Å². The lowest BCUT2D eigenvalue weighted by atomic mass is 9.79. The van der Waals surface area contributed by atoms with Crippen LogP contribution in [0.3, 0.4) is 0 Å². The van der Waals surface area contributed by atoms with Crippen molar-refractivity contribution in [1.29, 1.82) is 5.26 Å². The molecule has 25 heteroatoms. The Labute approximate surface area is 496 Å². The highest BCUT2D eigenvalue weighted by Crippen LogP contribution is 2.49. The molecule has 0 aliphatic carbocycles. The van der Waals surface area contributed by atoms with E-state index >= 15 is 4.79 Å². The van der Waals surface area contributed by atoms with E-state index in [1.54, 1.807) is 26.0 Å². The van der Waals surface area contributed by atoms with Crippen LogP contribution >= 0.6 is 8.53 Å². The smallest absolute Gasteiger partial charge is 0.330 e. The molecule has 2 aliphatic heterocycles. The molecule has 3 aromatic carbocycles. The van der Waals surface area contributed by atoms with Crippen molar-refractivity contribution in [2.75, 3.05) is 60.3 Å². The van der Waals surface area contributed by atoms with E-state index in [9.17, 15) is 34.0 Å². The number of nitrogens with one attached hydrogen (secondary N) is 2. The molecule has 1 unspecified atom stereocenters. The number of aromatic nitrogens is 2. The maximum absolute atomic E-state index is 15.0. The van der Waals surface area contributed by atoms with Crippen molar-refractivity contribution in [1.82, 2.24) is 24.4 Å². The predicted molar refractivity (Wildman–Crippen MR) is 309 cm³/mol. The summed E-state index contributed by atoms with van der Waals surface area (Å²) >= 11 is 0. The highest BCUT2D eigenvalue weighted by atomic mass is 31.2. The van der Waals surface area contributed by atoms with Crippen molar-refractivity contribution in [3.63, 3.8) is 0 Å². The van der Waals surface area contributed by atoms with Crippen LogP contribution in [0.25, 0.3) is 0 Å². The molecule has 2 fully saturated rings. The van der Waals surface area contributed by atoms with E-state index in [2.05, 4.69) is 21.0 Å². The molecule has 0 saturated carbocycles. The maximum atomic E-state index is 15.0. The second kappa shape index (κ2) is 31.4. The lowest BCUT2D eigenvalue weighted by molar-refractivity contribution is -0.277. The summed E-state index contributed by atoms with van der Waals surface area (Å²) < 4.78 is 71.3. The molecule has 8 atom stereocenters. The minimum absolute atomic E-state index is 0.0504. The van der Waals surface area contributed by atoms with Gasteiger partial charge in [0.1, 0.15) is 41.5 Å². The summed E-state index contributed by atoms with van der Waals surface area (Å²) in [6, 6.07) is 25.2. The number of hydrogen-bond acceptors (Lipinski definition) is 20. The van der Waals surface area contributed by atoms with Gasteiger partial charge in [0.05, 0.1) is 59.6 Å². The number of aryl methyl sites for hydroxylation is 1. The lowest BCUT2D eigenvalue weighted by Gasteiger charge is -2.48. The van der Waals surface area contributed by atoms with E-state index < -0.39 is 98.3 Å². The van der Waals surface area contributed by atoms with Crippen molar-refractivity contribution in [2.24, 2.45) is 0 Å². The minimum Gasteiger partial charge on any atom is -0.497 e. The number of aromatic amines is 1. The molecule has 2 aliphatic rings. The number of carbonyl (C=O) groups excluding carboxylic acids is 5. The zero-order chi connectivity index (χ0) is 62.0. The first-order valence-corrected chi connectivity index (χ1v) is 29.2. The average molecular weight is 1200 g/mol. The van der Waals surface area contributed by atoms with Gasteiger partial charge in [-0.25, -0.2) is 9.46 Å². The van der Waals surface area contributed by atoms with Crippen molar-refractivity contribution >= 4 is 38.2 Å². The number of H-pyrrole nitrogens is 1. The van der Waals surface area contributed by atoms with Gasteiger partial charge in [0.15, 0.2) is 24.7 Å². The van der Waals surface area contributed by atoms with Crippen LogP contribution < -0.4 is 26.0 Å². The molecule has 85 heavy (non-hydrogen) atoms. The Balaban J connectivity index is 1.41. The zero-order valence-electron chi connectivity index (χ0n) is 50.1.